The lowest BCUT2D eigenvalue weighted by Crippen LogP contribution is -2.24. The Morgan fingerprint density at radius 1 is 1.13 bits per heavy atom. The predicted molar refractivity (Wildman–Crippen MR) is 86.6 cm³/mol. The van der Waals surface area contributed by atoms with Crippen LogP contribution in [0, 0.1) is 0 Å². The number of nitrogens with one attached hydrogen (secondary N) is 1. The van der Waals surface area contributed by atoms with E-state index in [-0.39, 0.29) is 0 Å². The van der Waals surface area contributed by atoms with E-state index >= 15 is 0 Å². The van der Waals surface area contributed by atoms with Gasteiger partial charge >= 0.3 is 0 Å². The van der Waals surface area contributed by atoms with Gasteiger partial charge in [0.05, 0.1) is 13.1 Å². The van der Waals surface area contributed by atoms with E-state index in [1.54, 1.807) is 12.4 Å². The summed E-state index contributed by atoms with van der Waals surface area (Å²) < 4.78 is 2.02. The molecule has 2 heterocycles. The third-order valence-corrected chi connectivity index (χ3v) is 3.74. The molecule has 6 heteroatoms. The highest BCUT2D eigenvalue weighted by Crippen LogP contribution is 2.12. The first-order chi connectivity index (χ1) is 11.2. The number of rotatable bonds is 7. The summed E-state index contributed by atoms with van der Waals surface area (Å²) in [4.78, 5) is 24.9. The molecule has 1 aromatic carbocycles. The Morgan fingerprint density at radius 3 is 2.57 bits per heavy atom. The highest BCUT2D eigenvalue weighted by molar-refractivity contribution is 5.74. The normalized spacial score (nSPS) is 11.0. The lowest BCUT2D eigenvalue weighted by Gasteiger charge is -2.21. The van der Waals surface area contributed by atoms with Crippen molar-refractivity contribution in [1.82, 2.24) is 24.4 Å². The van der Waals surface area contributed by atoms with Crippen molar-refractivity contribution in [3.8, 4) is 0 Å². The van der Waals surface area contributed by atoms with Crippen LogP contribution in [0.3, 0.4) is 0 Å². The van der Waals surface area contributed by atoms with Crippen LogP contribution in [0.1, 0.15) is 27.6 Å². The van der Waals surface area contributed by atoms with E-state index in [2.05, 4.69) is 19.9 Å². The second kappa shape index (κ2) is 7.02. The summed E-state index contributed by atoms with van der Waals surface area (Å²) in [5.41, 5.74) is 1.84. The Labute approximate surface area is 134 Å². The molecule has 0 radical (unpaired) electrons. The fourth-order valence-corrected chi connectivity index (χ4v) is 2.47. The van der Waals surface area contributed by atoms with Gasteiger partial charge in [0.15, 0.2) is 0 Å². The zero-order valence-corrected chi connectivity index (χ0v) is 13.0. The van der Waals surface area contributed by atoms with Gasteiger partial charge in [-0.15, -0.1) is 0 Å². The summed E-state index contributed by atoms with van der Waals surface area (Å²) in [5.74, 6) is 1.92. The number of hydrogen-bond donors (Lipinski definition) is 1. The number of imidazole rings is 2. The number of carbonyl (C=O) groups is 1. The minimum atomic E-state index is 0.690. The molecule has 0 aliphatic heterocycles. The molecular weight excluding hydrogens is 290 g/mol. The molecule has 0 unspecified atom stereocenters. The van der Waals surface area contributed by atoms with Crippen LogP contribution in [0.2, 0.25) is 0 Å². The first-order valence-corrected chi connectivity index (χ1v) is 7.45. The maximum Gasteiger partial charge on any atom is 0.150 e. The fourth-order valence-electron chi connectivity index (χ4n) is 2.47. The molecule has 3 aromatic rings. The average Bonchev–Trinajstić information content (AvgIpc) is 3.21. The zero-order valence-electron chi connectivity index (χ0n) is 13.0. The van der Waals surface area contributed by atoms with Crippen LogP contribution in [0.5, 0.6) is 0 Å². The van der Waals surface area contributed by atoms with Crippen molar-refractivity contribution in [2.45, 2.75) is 19.6 Å². The van der Waals surface area contributed by atoms with Crippen molar-refractivity contribution in [2.24, 2.45) is 7.05 Å². The van der Waals surface area contributed by atoms with E-state index in [1.807, 2.05) is 48.3 Å². The molecule has 3 rings (SSSR count). The number of hydrogen-bond acceptors (Lipinski definition) is 4. The predicted octanol–water partition coefficient (Wildman–Crippen LogP) is 2.16. The second-order valence-corrected chi connectivity index (χ2v) is 5.49. The van der Waals surface area contributed by atoms with Crippen LogP contribution >= 0.6 is 0 Å². The van der Waals surface area contributed by atoms with E-state index in [0.29, 0.717) is 12.1 Å². The van der Waals surface area contributed by atoms with E-state index < -0.39 is 0 Å². The monoisotopic (exact) mass is 309 g/mol. The van der Waals surface area contributed by atoms with Crippen molar-refractivity contribution in [1.29, 1.82) is 0 Å². The van der Waals surface area contributed by atoms with Crippen LogP contribution in [0.4, 0.5) is 0 Å². The lowest BCUT2D eigenvalue weighted by molar-refractivity contribution is 0.112. The van der Waals surface area contributed by atoms with Gasteiger partial charge < -0.3 is 9.55 Å². The molecule has 0 amide bonds. The van der Waals surface area contributed by atoms with E-state index in [9.17, 15) is 4.79 Å². The van der Waals surface area contributed by atoms with Gasteiger partial charge in [-0.1, -0.05) is 24.3 Å². The van der Waals surface area contributed by atoms with Crippen LogP contribution in [-0.4, -0.2) is 30.7 Å². The van der Waals surface area contributed by atoms with Crippen molar-refractivity contribution >= 4 is 6.29 Å². The maximum atomic E-state index is 10.8. The molecule has 0 saturated heterocycles. The van der Waals surface area contributed by atoms with Gasteiger partial charge in [0.2, 0.25) is 0 Å². The lowest BCUT2D eigenvalue weighted by atomic mass is 10.1. The summed E-state index contributed by atoms with van der Waals surface area (Å²) >= 11 is 0. The van der Waals surface area contributed by atoms with Gasteiger partial charge in [0.1, 0.15) is 17.9 Å². The van der Waals surface area contributed by atoms with E-state index in [4.69, 9.17) is 0 Å². The highest BCUT2D eigenvalue weighted by atomic mass is 16.1. The third kappa shape index (κ3) is 3.92. The molecule has 1 N–H and O–H groups in total. The Balaban J connectivity index is 1.75. The smallest absolute Gasteiger partial charge is 0.150 e. The third-order valence-electron chi connectivity index (χ3n) is 3.74. The number of aromatic nitrogens is 4. The number of aldehydes is 1. The van der Waals surface area contributed by atoms with Crippen molar-refractivity contribution < 1.29 is 4.79 Å². The molecule has 0 atom stereocenters. The van der Waals surface area contributed by atoms with Crippen LogP contribution in [0.15, 0.2) is 49.1 Å². The topological polar surface area (TPSA) is 66.8 Å². The van der Waals surface area contributed by atoms with Gasteiger partial charge in [0.25, 0.3) is 0 Å². The summed E-state index contributed by atoms with van der Waals surface area (Å²) in [5, 5.41) is 0. The molecular formula is C17H19N5O. The highest BCUT2D eigenvalue weighted by Gasteiger charge is 2.12. The summed E-state index contributed by atoms with van der Waals surface area (Å²) in [7, 11) is 1.99. The Kier molecular flexibility index (Phi) is 4.63. The molecule has 0 spiro atoms. The number of nitrogens with zero attached hydrogens (tertiary/aromatic N) is 4. The molecule has 0 aliphatic carbocycles. The quantitative estimate of drug-likeness (QED) is 0.679. The molecule has 6 nitrogen and oxygen atoms in total. The van der Waals surface area contributed by atoms with Crippen molar-refractivity contribution in [3.63, 3.8) is 0 Å². The second-order valence-electron chi connectivity index (χ2n) is 5.49. The average molecular weight is 309 g/mol. The summed E-state index contributed by atoms with van der Waals surface area (Å²) in [6.07, 6.45) is 8.19. The zero-order chi connectivity index (χ0) is 16.1. The van der Waals surface area contributed by atoms with Gasteiger partial charge in [0, 0.05) is 43.9 Å². The van der Waals surface area contributed by atoms with Crippen LogP contribution in [0.25, 0.3) is 0 Å². The van der Waals surface area contributed by atoms with Gasteiger partial charge in [-0.3, -0.25) is 9.69 Å². The Bertz CT molecular complexity index is 746. The number of aromatic amines is 1. The molecule has 118 valence electrons. The van der Waals surface area contributed by atoms with E-state index in [0.717, 1.165) is 36.6 Å². The van der Waals surface area contributed by atoms with Crippen LogP contribution in [-0.2, 0) is 26.7 Å². The number of benzene rings is 1. The fraction of sp³-hybridized carbons (Fsp3) is 0.235. The molecule has 0 aliphatic rings. The molecule has 0 saturated carbocycles. The number of aryl methyl sites for hydroxylation is 1. The van der Waals surface area contributed by atoms with Crippen molar-refractivity contribution in [2.75, 3.05) is 0 Å². The SMILES string of the molecule is Cn1ccnc1CN(Cc1ccc(C=O)cc1)Cc1ncc[nH]1. The molecule has 0 bridgehead atoms. The molecule has 2 aromatic heterocycles. The minimum absolute atomic E-state index is 0.690. The number of H-pyrrole nitrogens is 1. The van der Waals surface area contributed by atoms with Gasteiger partial charge in [-0.05, 0) is 5.56 Å². The maximum absolute atomic E-state index is 10.8. The first-order valence-electron chi connectivity index (χ1n) is 7.45. The molecule has 23 heavy (non-hydrogen) atoms. The van der Waals surface area contributed by atoms with Gasteiger partial charge in [-0.2, -0.15) is 0 Å². The summed E-state index contributed by atoms with van der Waals surface area (Å²) in [6, 6.07) is 7.65. The van der Waals surface area contributed by atoms with E-state index in [1.165, 1.54) is 0 Å². The van der Waals surface area contributed by atoms with Gasteiger partial charge in [-0.25, -0.2) is 9.97 Å². The number of carbonyl (C=O) groups excluding carboxylic acids is 1. The summed E-state index contributed by atoms with van der Waals surface area (Å²) in [6.45, 7) is 2.18. The van der Waals surface area contributed by atoms with Crippen LogP contribution < -0.4 is 0 Å². The van der Waals surface area contributed by atoms with Crippen molar-refractivity contribution in [3.05, 3.63) is 71.8 Å². The molecule has 0 fully saturated rings. The first kappa shape index (κ1) is 15.2. The Hall–Kier alpha value is -2.73. The minimum Gasteiger partial charge on any atom is -0.348 e. The largest absolute Gasteiger partial charge is 0.348 e. The Morgan fingerprint density at radius 2 is 1.96 bits per heavy atom. The standard InChI is InChI=1S/C17H19N5O/c1-21-9-8-20-17(21)12-22(11-16-18-6-7-19-16)10-14-2-4-15(13-23)5-3-14/h2-9,13H,10-12H2,1H3,(H,18,19).